The Bertz CT molecular complexity index is 1160. The molecule has 4 nitrogen and oxygen atoms in total. The summed E-state index contributed by atoms with van der Waals surface area (Å²) in [7, 11) is 0. The summed E-state index contributed by atoms with van der Waals surface area (Å²) in [5.74, 6) is -0.0564. The molecule has 0 aliphatic heterocycles. The Balaban J connectivity index is 1.86. The van der Waals surface area contributed by atoms with Crippen LogP contribution in [0.4, 0.5) is 5.69 Å². The third-order valence-electron chi connectivity index (χ3n) is 4.10. The number of rotatable bonds is 6. The summed E-state index contributed by atoms with van der Waals surface area (Å²) in [6, 6.07) is 21.5. The van der Waals surface area contributed by atoms with Gasteiger partial charge in [0.15, 0.2) is 0 Å². The molecule has 0 fully saturated rings. The van der Waals surface area contributed by atoms with Crippen molar-refractivity contribution >= 4 is 56.8 Å². The van der Waals surface area contributed by atoms with E-state index in [0.717, 1.165) is 10.0 Å². The largest absolute Gasteiger partial charge is 0.488 e. The highest BCUT2D eigenvalue weighted by molar-refractivity contribution is 9.10. The van der Waals surface area contributed by atoms with Crippen molar-refractivity contribution in [1.29, 1.82) is 5.26 Å². The molecule has 0 bridgehead atoms. The normalized spacial score (nSPS) is 10.9. The van der Waals surface area contributed by atoms with Crippen molar-refractivity contribution < 1.29 is 9.53 Å². The minimum atomic E-state index is -0.567. The van der Waals surface area contributed by atoms with Crippen molar-refractivity contribution in [3.05, 3.63) is 97.9 Å². The molecule has 0 aromatic heterocycles. The molecule has 3 aromatic carbocycles. The number of carbonyl (C=O) groups excluding carboxylic acids is 1. The van der Waals surface area contributed by atoms with Gasteiger partial charge >= 0.3 is 0 Å². The molecule has 0 saturated carbocycles. The lowest BCUT2D eigenvalue weighted by atomic mass is 10.1. The molecular weight excluding hydrogens is 487 g/mol. The molecule has 0 spiro atoms. The fourth-order valence-electron chi connectivity index (χ4n) is 2.59. The molecule has 0 atom stereocenters. The minimum absolute atomic E-state index is 0.0874. The molecule has 0 saturated heterocycles. The molecule has 0 radical (unpaired) electrons. The summed E-state index contributed by atoms with van der Waals surface area (Å²) in [5, 5.41) is 13.2. The van der Waals surface area contributed by atoms with Crippen LogP contribution < -0.4 is 10.1 Å². The van der Waals surface area contributed by atoms with Crippen LogP contribution in [0.1, 0.15) is 11.1 Å². The molecule has 0 aliphatic carbocycles. The molecule has 3 aromatic rings. The number of anilines is 1. The number of halogens is 3. The van der Waals surface area contributed by atoms with Gasteiger partial charge in [-0.25, -0.2) is 0 Å². The van der Waals surface area contributed by atoms with Crippen LogP contribution in [0.25, 0.3) is 6.08 Å². The zero-order chi connectivity index (χ0) is 21.5. The Morgan fingerprint density at radius 1 is 1.07 bits per heavy atom. The second-order valence-corrected chi connectivity index (χ2v) is 7.90. The lowest BCUT2D eigenvalue weighted by Crippen LogP contribution is -2.13. The van der Waals surface area contributed by atoms with E-state index in [1.54, 1.807) is 42.5 Å². The Morgan fingerprint density at radius 3 is 2.47 bits per heavy atom. The number of hydrogen-bond acceptors (Lipinski definition) is 3. The third-order valence-corrected chi connectivity index (χ3v) is 5.29. The summed E-state index contributed by atoms with van der Waals surface area (Å²) in [5.41, 5.74) is 1.74. The van der Waals surface area contributed by atoms with Gasteiger partial charge in [-0.2, -0.15) is 5.26 Å². The SMILES string of the molecule is N#C/C(=C\c1cc(Br)ccc1OCc1ccccc1Cl)C(=O)Nc1ccccc1Cl. The Labute approximate surface area is 192 Å². The maximum atomic E-state index is 12.6. The van der Waals surface area contributed by atoms with Crippen molar-refractivity contribution in [2.45, 2.75) is 6.61 Å². The second-order valence-electron chi connectivity index (χ2n) is 6.17. The fourth-order valence-corrected chi connectivity index (χ4v) is 3.34. The lowest BCUT2D eigenvalue weighted by Gasteiger charge is -2.12. The molecule has 0 aliphatic rings. The first-order chi connectivity index (χ1) is 14.5. The lowest BCUT2D eigenvalue weighted by molar-refractivity contribution is -0.112. The average molecular weight is 502 g/mol. The highest BCUT2D eigenvalue weighted by Gasteiger charge is 2.13. The maximum Gasteiger partial charge on any atom is 0.266 e. The number of para-hydroxylation sites is 1. The van der Waals surface area contributed by atoms with Crippen LogP contribution in [0.15, 0.2) is 76.8 Å². The summed E-state index contributed by atoms with van der Waals surface area (Å²) < 4.78 is 6.69. The molecule has 0 heterocycles. The fraction of sp³-hybridized carbons (Fsp3) is 0.0435. The van der Waals surface area contributed by atoms with E-state index in [9.17, 15) is 10.1 Å². The predicted molar refractivity (Wildman–Crippen MR) is 124 cm³/mol. The topological polar surface area (TPSA) is 62.1 Å². The smallest absolute Gasteiger partial charge is 0.266 e. The van der Waals surface area contributed by atoms with Gasteiger partial charge in [-0.1, -0.05) is 69.5 Å². The molecule has 7 heteroatoms. The van der Waals surface area contributed by atoms with Gasteiger partial charge in [-0.15, -0.1) is 0 Å². The van der Waals surface area contributed by atoms with E-state index in [1.807, 2.05) is 30.3 Å². The van der Waals surface area contributed by atoms with Crippen LogP contribution in [-0.4, -0.2) is 5.91 Å². The summed E-state index contributed by atoms with van der Waals surface area (Å²) in [6.07, 6.45) is 1.47. The Morgan fingerprint density at radius 2 is 1.77 bits per heavy atom. The van der Waals surface area contributed by atoms with Gasteiger partial charge < -0.3 is 10.1 Å². The molecule has 1 N–H and O–H groups in total. The van der Waals surface area contributed by atoms with Crippen molar-refractivity contribution in [3.8, 4) is 11.8 Å². The molecular formula is C23H15BrCl2N2O2. The number of benzene rings is 3. The number of nitrogens with one attached hydrogen (secondary N) is 1. The van der Waals surface area contributed by atoms with Gasteiger partial charge in [0.25, 0.3) is 5.91 Å². The standard InChI is InChI=1S/C23H15BrCl2N2O2/c24-18-9-10-22(30-14-15-5-1-2-6-19(15)25)16(12-18)11-17(13-27)23(29)28-21-8-4-3-7-20(21)26/h1-12H,14H2,(H,28,29)/b17-11+. The van der Waals surface area contributed by atoms with Crippen LogP contribution in [0.3, 0.4) is 0 Å². The highest BCUT2D eigenvalue weighted by atomic mass is 79.9. The number of amides is 1. The van der Waals surface area contributed by atoms with Gasteiger partial charge in [0.1, 0.15) is 24.0 Å². The predicted octanol–water partition coefficient (Wildman–Crippen LogP) is 6.88. The van der Waals surface area contributed by atoms with Crippen LogP contribution in [-0.2, 0) is 11.4 Å². The van der Waals surface area contributed by atoms with Crippen molar-refractivity contribution in [3.63, 3.8) is 0 Å². The number of hydrogen-bond donors (Lipinski definition) is 1. The number of nitriles is 1. The van der Waals surface area contributed by atoms with Crippen LogP contribution in [0.5, 0.6) is 5.75 Å². The van der Waals surface area contributed by atoms with E-state index in [4.69, 9.17) is 27.9 Å². The number of nitrogens with zero attached hydrogens (tertiary/aromatic N) is 1. The molecule has 30 heavy (non-hydrogen) atoms. The van der Waals surface area contributed by atoms with E-state index >= 15 is 0 Å². The number of ether oxygens (including phenoxy) is 1. The molecule has 0 unspecified atom stereocenters. The van der Waals surface area contributed by atoms with E-state index < -0.39 is 5.91 Å². The Hall–Kier alpha value is -2.78. The van der Waals surface area contributed by atoms with Crippen LogP contribution in [0.2, 0.25) is 10.0 Å². The Kier molecular flexibility index (Phi) is 7.53. The minimum Gasteiger partial charge on any atom is -0.488 e. The van der Waals surface area contributed by atoms with E-state index in [0.29, 0.717) is 27.0 Å². The van der Waals surface area contributed by atoms with Crippen molar-refractivity contribution in [1.82, 2.24) is 0 Å². The van der Waals surface area contributed by atoms with Gasteiger partial charge in [0.2, 0.25) is 0 Å². The number of carbonyl (C=O) groups is 1. The summed E-state index contributed by atoms with van der Waals surface area (Å²) in [4.78, 5) is 12.6. The van der Waals surface area contributed by atoms with Gasteiger partial charge in [-0.05, 0) is 42.5 Å². The summed E-state index contributed by atoms with van der Waals surface area (Å²) in [6.45, 7) is 0.246. The van der Waals surface area contributed by atoms with Crippen molar-refractivity contribution in [2.24, 2.45) is 0 Å². The molecule has 3 rings (SSSR count). The first-order valence-corrected chi connectivity index (χ1v) is 10.4. The van der Waals surface area contributed by atoms with E-state index in [2.05, 4.69) is 21.2 Å². The zero-order valence-corrected chi connectivity index (χ0v) is 18.6. The van der Waals surface area contributed by atoms with E-state index in [1.165, 1.54) is 6.08 Å². The molecule has 1 amide bonds. The monoisotopic (exact) mass is 500 g/mol. The van der Waals surface area contributed by atoms with Crippen LogP contribution >= 0.6 is 39.1 Å². The first kappa shape index (κ1) is 21.9. The van der Waals surface area contributed by atoms with Gasteiger partial charge in [-0.3, -0.25) is 4.79 Å². The van der Waals surface area contributed by atoms with Crippen molar-refractivity contribution in [2.75, 3.05) is 5.32 Å². The summed E-state index contributed by atoms with van der Waals surface area (Å²) >= 11 is 15.7. The first-order valence-electron chi connectivity index (χ1n) is 8.81. The highest BCUT2D eigenvalue weighted by Crippen LogP contribution is 2.28. The van der Waals surface area contributed by atoms with Gasteiger partial charge in [0, 0.05) is 20.6 Å². The maximum absolute atomic E-state index is 12.6. The van der Waals surface area contributed by atoms with E-state index in [-0.39, 0.29) is 12.2 Å². The quantitative estimate of drug-likeness (QED) is 0.295. The van der Waals surface area contributed by atoms with Gasteiger partial charge in [0.05, 0.1) is 10.7 Å². The average Bonchev–Trinajstić information content (AvgIpc) is 2.74. The third kappa shape index (κ3) is 5.64. The zero-order valence-electron chi connectivity index (χ0n) is 15.5. The molecule has 150 valence electrons. The van der Waals surface area contributed by atoms with Crippen LogP contribution in [0, 0.1) is 11.3 Å². The second kappa shape index (κ2) is 10.3.